The van der Waals surface area contributed by atoms with Crippen LogP contribution in [-0.2, 0) is 4.79 Å². The lowest BCUT2D eigenvalue weighted by Crippen LogP contribution is -2.42. The van der Waals surface area contributed by atoms with Crippen molar-refractivity contribution in [2.75, 3.05) is 33.2 Å². The number of amides is 1. The standard InChI is InChI=1S/C22H31N3O/c1-17(20-8-7-19-5-3-4-6-21(19)15-20)24-22(26)16-25-13-10-18(11-14-25)9-12-23-2/h3-8,15,17-18,23H,9-14,16H2,1-2H3,(H,24,26). The van der Waals surface area contributed by atoms with Gasteiger partial charge in [-0.1, -0.05) is 36.4 Å². The molecule has 2 aromatic rings. The third-order valence-corrected chi connectivity index (χ3v) is 5.53. The van der Waals surface area contributed by atoms with Gasteiger partial charge in [0, 0.05) is 0 Å². The summed E-state index contributed by atoms with van der Waals surface area (Å²) in [5.74, 6) is 0.928. The summed E-state index contributed by atoms with van der Waals surface area (Å²) in [5, 5.41) is 8.84. The van der Waals surface area contributed by atoms with Crippen LogP contribution >= 0.6 is 0 Å². The van der Waals surface area contributed by atoms with Crippen molar-refractivity contribution in [3.05, 3.63) is 48.0 Å². The average molecular weight is 354 g/mol. The van der Waals surface area contributed by atoms with E-state index in [0.29, 0.717) is 6.54 Å². The van der Waals surface area contributed by atoms with E-state index >= 15 is 0 Å². The highest BCUT2D eigenvalue weighted by molar-refractivity contribution is 5.83. The van der Waals surface area contributed by atoms with Crippen molar-refractivity contribution in [1.82, 2.24) is 15.5 Å². The highest BCUT2D eigenvalue weighted by Crippen LogP contribution is 2.21. The van der Waals surface area contributed by atoms with Gasteiger partial charge in [-0.2, -0.15) is 0 Å². The quantitative estimate of drug-likeness (QED) is 0.802. The van der Waals surface area contributed by atoms with Crippen molar-refractivity contribution < 1.29 is 4.79 Å². The molecule has 140 valence electrons. The molecule has 1 amide bonds. The van der Waals surface area contributed by atoms with Crippen LogP contribution in [0, 0.1) is 5.92 Å². The summed E-state index contributed by atoms with van der Waals surface area (Å²) < 4.78 is 0. The van der Waals surface area contributed by atoms with E-state index in [9.17, 15) is 4.79 Å². The number of rotatable bonds is 7. The molecule has 0 bridgehead atoms. The van der Waals surface area contributed by atoms with E-state index in [2.05, 4.69) is 64.9 Å². The van der Waals surface area contributed by atoms with E-state index in [4.69, 9.17) is 0 Å². The zero-order chi connectivity index (χ0) is 18.4. The Hall–Kier alpha value is -1.91. The number of fused-ring (bicyclic) bond motifs is 1. The second-order valence-electron chi connectivity index (χ2n) is 7.51. The van der Waals surface area contributed by atoms with Crippen LogP contribution in [0.15, 0.2) is 42.5 Å². The SMILES string of the molecule is CNCCC1CCN(CC(=O)NC(C)c2ccc3ccccc3c2)CC1. The molecule has 1 unspecified atom stereocenters. The molecule has 1 aliphatic rings. The summed E-state index contributed by atoms with van der Waals surface area (Å²) in [6, 6.07) is 14.8. The Morgan fingerprint density at radius 2 is 1.88 bits per heavy atom. The predicted octanol–water partition coefficient (Wildman–Crippen LogP) is 3.34. The molecule has 0 aliphatic carbocycles. The summed E-state index contributed by atoms with van der Waals surface area (Å²) in [5.41, 5.74) is 1.16. The number of nitrogens with one attached hydrogen (secondary N) is 2. The molecule has 2 N–H and O–H groups in total. The first-order valence-electron chi connectivity index (χ1n) is 9.80. The molecule has 1 saturated heterocycles. The Balaban J connectivity index is 1.48. The molecule has 4 heteroatoms. The van der Waals surface area contributed by atoms with Crippen molar-refractivity contribution in [2.45, 2.75) is 32.2 Å². The Kier molecular flexibility index (Phi) is 6.64. The maximum atomic E-state index is 12.4. The van der Waals surface area contributed by atoms with Gasteiger partial charge in [0.2, 0.25) is 5.91 Å². The minimum atomic E-state index is 0.0280. The molecular weight excluding hydrogens is 322 g/mol. The number of hydrogen-bond acceptors (Lipinski definition) is 3. The number of carbonyl (C=O) groups excluding carboxylic acids is 1. The molecule has 3 rings (SSSR count). The lowest BCUT2D eigenvalue weighted by molar-refractivity contribution is -0.123. The molecular formula is C22H31N3O. The van der Waals surface area contributed by atoms with Gasteiger partial charge in [-0.3, -0.25) is 9.69 Å². The second-order valence-corrected chi connectivity index (χ2v) is 7.51. The first kappa shape index (κ1) is 18.9. The first-order valence-corrected chi connectivity index (χ1v) is 9.80. The molecule has 0 saturated carbocycles. The number of carbonyl (C=O) groups is 1. The van der Waals surface area contributed by atoms with Gasteiger partial charge in [0.05, 0.1) is 12.6 Å². The van der Waals surface area contributed by atoms with Crippen LogP contribution in [0.5, 0.6) is 0 Å². The molecule has 4 nitrogen and oxygen atoms in total. The summed E-state index contributed by atoms with van der Waals surface area (Å²) >= 11 is 0. The minimum absolute atomic E-state index is 0.0280. The van der Waals surface area contributed by atoms with Crippen LogP contribution in [0.3, 0.4) is 0 Å². The fourth-order valence-electron chi connectivity index (χ4n) is 3.83. The molecule has 1 aliphatic heterocycles. The second kappa shape index (κ2) is 9.15. The lowest BCUT2D eigenvalue weighted by Gasteiger charge is -2.31. The Labute approximate surface area is 157 Å². The molecule has 0 radical (unpaired) electrons. The van der Waals surface area contributed by atoms with Crippen molar-refractivity contribution >= 4 is 16.7 Å². The van der Waals surface area contributed by atoms with Crippen LogP contribution in [-0.4, -0.2) is 44.0 Å². The third kappa shape index (κ3) is 5.05. The first-order chi connectivity index (χ1) is 12.7. The molecule has 2 aromatic carbocycles. The van der Waals surface area contributed by atoms with E-state index in [0.717, 1.165) is 31.1 Å². The summed E-state index contributed by atoms with van der Waals surface area (Å²) in [7, 11) is 2.01. The van der Waals surface area contributed by atoms with Crippen LogP contribution in [0.25, 0.3) is 10.8 Å². The molecule has 1 heterocycles. The highest BCUT2D eigenvalue weighted by atomic mass is 16.2. The highest BCUT2D eigenvalue weighted by Gasteiger charge is 2.21. The Bertz CT molecular complexity index is 722. The molecule has 0 spiro atoms. The summed E-state index contributed by atoms with van der Waals surface area (Å²) in [4.78, 5) is 14.7. The van der Waals surface area contributed by atoms with Gasteiger partial charge in [0.1, 0.15) is 0 Å². The van der Waals surface area contributed by atoms with Gasteiger partial charge >= 0.3 is 0 Å². The Morgan fingerprint density at radius 3 is 2.62 bits per heavy atom. The number of benzene rings is 2. The fraction of sp³-hybridized carbons (Fsp3) is 0.500. The summed E-state index contributed by atoms with van der Waals surface area (Å²) in [6.45, 7) is 5.73. The van der Waals surface area contributed by atoms with Crippen LogP contribution in [0.2, 0.25) is 0 Å². The van der Waals surface area contributed by atoms with Gasteiger partial charge in [0.25, 0.3) is 0 Å². The molecule has 1 fully saturated rings. The number of piperidine rings is 1. The van der Waals surface area contributed by atoms with E-state index in [1.54, 1.807) is 0 Å². The zero-order valence-electron chi connectivity index (χ0n) is 16.0. The summed E-state index contributed by atoms with van der Waals surface area (Å²) in [6.07, 6.45) is 3.65. The Morgan fingerprint density at radius 1 is 1.15 bits per heavy atom. The van der Waals surface area contributed by atoms with Crippen molar-refractivity contribution in [3.8, 4) is 0 Å². The van der Waals surface area contributed by atoms with Crippen LogP contribution < -0.4 is 10.6 Å². The molecule has 0 aromatic heterocycles. The maximum absolute atomic E-state index is 12.4. The molecule has 1 atom stereocenters. The van der Waals surface area contributed by atoms with Crippen molar-refractivity contribution in [3.63, 3.8) is 0 Å². The van der Waals surface area contributed by atoms with E-state index in [1.807, 2.05) is 7.05 Å². The number of hydrogen-bond donors (Lipinski definition) is 2. The topological polar surface area (TPSA) is 44.4 Å². The smallest absolute Gasteiger partial charge is 0.234 e. The zero-order valence-corrected chi connectivity index (χ0v) is 16.0. The maximum Gasteiger partial charge on any atom is 0.234 e. The van der Waals surface area contributed by atoms with Gasteiger partial charge < -0.3 is 10.6 Å². The van der Waals surface area contributed by atoms with Crippen molar-refractivity contribution in [2.24, 2.45) is 5.92 Å². The third-order valence-electron chi connectivity index (χ3n) is 5.53. The van der Waals surface area contributed by atoms with Crippen molar-refractivity contribution in [1.29, 1.82) is 0 Å². The normalized spacial score (nSPS) is 17.3. The van der Waals surface area contributed by atoms with Gasteiger partial charge in [0.15, 0.2) is 0 Å². The van der Waals surface area contributed by atoms with E-state index < -0.39 is 0 Å². The van der Waals surface area contributed by atoms with Gasteiger partial charge in [-0.15, -0.1) is 0 Å². The van der Waals surface area contributed by atoms with Crippen LogP contribution in [0.4, 0.5) is 0 Å². The molecule has 26 heavy (non-hydrogen) atoms. The monoisotopic (exact) mass is 353 g/mol. The van der Waals surface area contributed by atoms with Crippen LogP contribution in [0.1, 0.15) is 37.8 Å². The lowest BCUT2D eigenvalue weighted by atomic mass is 9.93. The largest absolute Gasteiger partial charge is 0.348 e. The predicted molar refractivity (Wildman–Crippen MR) is 108 cm³/mol. The van der Waals surface area contributed by atoms with E-state index in [-0.39, 0.29) is 11.9 Å². The fourth-order valence-corrected chi connectivity index (χ4v) is 3.83. The number of nitrogens with zero attached hydrogens (tertiary/aromatic N) is 1. The van der Waals surface area contributed by atoms with Gasteiger partial charge in [-0.05, 0) is 81.2 Å². The average Bonchev–Trinajstić information content (AvgIpc) is 2.67. The van der Waals surface area contributed by atoms with Gasteiger partial charge in [-0.25, -0.2) is 0 Å². The van der Waals surface area contributed by atoms with E-state index in [1.165, 1.54) is 30.0 Å². The number of likely N-dealkylation sites (tertiary alicyclic amines) is 1. The minimum Gasteiger partial charge on any atom is -0.348 e.